The maximum absolute atomic E-state index is 15.5. The number of esters is 1. The lowest BCUT2D eigenvalue weighted by molar-refractivity contribution is 0.0601. The lowest BCUT2D eigenvalue weighted by Gasteiger charge is -2.16. The molecule has 0 radical (unpaired) electrons. The van der Waals surface area contributed by atoms with E-state index >= 15 is 4.39 Å². The first kappa shape index (κ1) is 30.4. The van der Waals surface area contributed by atoms with E-state index < -0.39 is 29.3 Å². The van der Waals surface area contributed by atoms with Crippen molar-refractivity contribution in [1.82, 2.24) is 14.5 Å². The van der Waals surface area contributed by atoms with Crippen LogP contribution >= 0.6 is 0 Å². The van der Waals surface area contributed by atoms with Crippen LogP contribution < -0.4 is 4.74 Å². The van der Waals surface area contributed by atoms with Gasteiger partial charge in [-0.15, -0.1) is 0 Å². The second-order valence-corrected chi connectivity index (χ2v) is 11.3. The molecule has 1 aliphatic rings. The van der Waals surface area contributed by atoms with E-state index in [1.807, 2.05) is 10.6 Å². The molecule has 1 saturated carbocycles. The number of aromatic nitrogens is 3. The molecule has 0 atom stereocenters. The second-order valence-electron chi connectivity index (χ2n) is 11.3. The van der Waals surface area contributed by atoms with Crippen molar-refractivity contribution < 1.29 is 27.4 Å². The van der Waals surface area contributed by atoms with Crippen LogP contribution in [0.15, 0.2) is 66.7 Å². The number of nitrogens with zero attached hydrogens (tertiary/aromatic N) is 5. The van der Waals surface area contributed by atoms with Crippen LogP contribution in [-0.4, -0.2) is 27.6 Å². The molecule has 2 aromatic heterocycles. The van der Waals surface area contributed by atoms with Gasteiger partial charge >= 0.3 is 5.97 Å². The summed E-state index contributed by atoms with van der Waals surface area (Å²) in [4.78, 5) is 21.2. The van der Waals surface area contributed by atoms with Crippen molar-refractivity contribution in [2.24, 2.45) is 5.41 Å². The van der Waals surface area contributed by atoms with E-state index in [0.717, 1.165) is 30.5 Å². The SMILES string of the molecule is COC(=O)c1ccc2nc(Cc3ccc(-c4ccc(F)c(OCc5ccc(C#N)cc5F)n4)c(F)c3)n(CC3(CC#N)CC3)c2c1. The van der Waals surface area contributed by atoms with Crippen LogP contribution in [0, 0.1) is 45.5 Å². The highest BCUT2D eigenvalue weighted by Gasteiger charge is 2.43. The number of rotatable bonds is 10. The zero-order valence-corrected chi connectivity index (χ0v) is 24.7. The monoisotopic (exact) mass is 621 g/mol. The molecule has 0 amide bonds. The molecule has 1 fully saturated rings. The molecule has 1 aliphatic carbocycles. The van der Waals surface area contributed by atoms with Crippen LogP contribution in [-0.2, 0) is 24.3 Å². The number of fused-ring (bicyclic) bond motifs is 1. The first-order valence-corrected chi connectivity index (χ1v) is 14.4. The van der Waals surface area contributed by atoms with Crippen LogP contribution in [0.5, 0.6) is 5.88 Å². The van der Waals surface area contributed by atoms with Crippen molar-refractivity contribution in [3.63, 3.8) is 0 Å². The molecule has 0 spiro atoms. The number of halogens is 3. The smallest absolute Gasteiger partial charge is 0.337 e. The van der Waals surface area contributed by atoms with E-state index in [2.05, 4.69) is 11.1 Å². The van der Waals surface area contributed by atoms with Crippen molar-refractivity contribution in [2.75, 3.05) is 7.11 Å². The molecular formula is C35H26F3N5O3. The fourth-order valence-corrected chi connectivity index (χ4v) is 5.41. The molecule has 0 unspecified atom stereocenters. The Morgan fingerprint density at radius 1 is 0.957 bits per heavy atom. The summed E-state index contributed by atoms with van der Waals surface area (Å²) in [7, 11) is 1.31. The summed E-state index contributed by atoms with van der Waals surface area (Å²) < 4.78 is 56.7. The number of pyridine rings is 1. The summed E-state index contributed by atoms with van der Waals surface area (Å²) in [6, 6.07) is 20.1. The van der Waals surface area contributed by atoms with Gasteiger partial charge in [-0.2, -0.15) is 10.5 Å². The highest BCUT2D eigenvalue weighted by Crippen LogP contribution is 2.50. The zero-order chi connectivity index (χ0) is 32.4. The lowest BCUT2D eigenvalue weighted by Crippen LogP contribution is -2.14. The molecule has 0 bridgehead atoms. The Balaban J connectivity index is 1.27. The Morgan fingerprint density at radius 2 is 1.78 bits per heavy atom. The van der Waals surface area contributed by atoms with E-state index in [9.17, 15) is 18.8 Å². The standard InChI is InChI=1S/C35H26F3N5O3/c1-45-34(44)23-5-8-30-31(17-23)43(20-35(10-11-35)12-13-39)32(41-30)16-21-3-6-25(28(38)14-21)29-9-7-26(36)33(42-29)46-19-24-4-2-22(18-40)15-27(24)37/h2-9,14-15,17H,10-12,16,19-20H2,1H3. The summed E-state index contributed by atoms with van der Waals surface area (Å²) in [5.74, 6) is -2.31. The van der Waals surface area contributed by atoms with Crippen LogP contribution in [0.25, 0.3) is 22.3 Å². The normalized spacial score (nSPS) is 13.2. The number of hydrogen-bond donors (Lipinski definition) is 0. The van der Waals surface area contributed by atoms with Gasteiger partial charge in [0.05, 0.1) is 47.1 Å². The minimum atomic E-state index is -0.797. The number of hydrogen-bond acceptors (Lipinski definition) is 7. The quantitative estimate of drug-likeness (QED) is 0.154. The van der Waals surface area contributed by atoms with Crippen molar-refractivity contribution in [3.8, 4) is 29.3 Å². The molecular weight excluding hydrogens is 595 g/mol. The number of nitriles is 2. The molecule has 11 heteroatoms. The van der Waals surface area contributed by atoms with Crippen molar-refractivity contribution in [1.29, 1.82) is 10.5 Å². The number of benzene rings is 3. The van der Waals surface area contributed by atoms with Gasteiger partial charge in [0.15, 0.2) is 5.82 Å². The second kappa shape index (κ2) is 12.4. The van der Waals surface area contributed by atoms with E-state index in [1.165, 1.54) is 37.4 Å². The Hall–Kier alpha value is -5.68. The third kappa shape index (κ3) is 6.13. The van der Waals surface area contributed by atoms with Gasteiger partial charge in [0.1, 0.15) is 24.1 Å². The first-order chi connectivity index (χ1) is 22.2. The summed E-state index contributed by atoms with van der Waals surface area (Å²) >= 11 is 0. The summed E-state index contributed by atoms with van der Waals surface area (Å²) in [6.45, 7) is 0.191. The average molecular weight is 622 g/mol. The Morgan fingerprint density at radius 3 is 2.48 bits per heavy atom. The molecule has 230 valence electrons. The van der Waals surface area contributed by atoms with Crippen molar-refractivity contribution in [2.45, 2.75) is 38.8 Å². The van der Waals surface area contributed by atoms with Gasteiger partial charge in [0.2, 0.25) is 0 Å². The number of methoxy groups -OCH3 is 1. The summed E-state index contributed by atoms with van der Waals surface area (Å²) in [5, 5.41) is 18.3. The third-order valence-electron chi connectivity index (χ3n) is 8.19. The molecule has 3 aromatic carbocycles. The fourth-order valence-electron chi connectivity index (χ4n) is 5.41. The highest BCUT2D eigenvalue weighted by atomic mass is 19.1. The van der Waals surface area contributed by atoms with Gasteiger partial charge in [0, 0.05) is 35.9 Å². The molecule has 0 saturated heterocycles. The molecule has 46 heavy (non-hydrogen) atoms. The Kier molecular flexibility index (Phi) is 8.16. The van der Waals surface area contributed by atoms with Crippen molar-refractivity contribution in [3.05, 3.63) is 112 Å². The highest BCUT2D eigenvalue weighted by molar-refractivity contribution is 5.93. The molecule has 0 aliphatic heterocycles. The summed E-state index contributed by atoms with van der Waals surface area (Å²) in [5.41, 5.74) is 2.69. The number of carbonyl (C=O) groups excluding carboxylic acids is 1. The van der Waals surface area contributed by atoms with Gasteiger partial charge in [-0.3, -0.25) is 0 Å². The van der Waals surface area contributed by atoms with Crippen LogP contribution in [0.2, 0.25) is 0 Å². The van der Waals surface area contributed by atoms with Crippen molar-refractivity contribution >= 4 is 17.0 Å². The largest absolute Gasteiger partial charge is 0.471 e. The third-order valence-corrected chi connectivity index (χ3v) is 8.19. The summed E-state index contributed by atoms with van der Waals surface area (Å²) in [6.07, 6.45) is 2.46. The number of imidazole rings is 1. The first-order valence-electron chi connectivity index (χ1n) is 14.4. The topological polar surface area (TPSA) is 114 Å². The molecule has 5 aromatic rings. The predicted octanol–water partition coefficient (Wildman–Crippen LogP) is 7.04. The maximum atomic E-state index is 15.5. The Bertz CT molecular complexity index is 2070. The minimum absolute atomic E-state index is 0.105. The fraction of sp³-hybridized carbons (Fsp3) is 0.229. The Labute approximate surface area is 262 Å². The van der Waals surface area contributed by atoms with Crippen LogP contribution in [0.1, 0.15) is 52.1 Å². The van der Waals surface area contributed by atoms with Gasteiger partial charge in [-0.1, -0.05) is 12.1 Å². The van der Waals surface area contributed by atoms with Gasteiger partial charge in [-0.05, 0) is 73.0 Å². The van der Waals surface area contributed by atoms with E-state index in [1.54, 1.807) is 24.3 Å². The van der Waals surface area contributed by atoms with E-state index in [-0.39, 0.29) is 40.8 Å². The maximum Gasteiger partial charge on any atom is 0.337 e. The molecule has 6 rings (SSSR count). The number of carbonyl (C=O) groups is 1. The van der Waals surface area contributed by atoms with Gasteiger partial charge < -0.3 is 14.0 Å². The number of ether oxygens (including phenoxy) is 2. The van der Waals surface area contributed by atoms with Gasteiger partial charge in [0.25, 0.3) is 5.88 Å². The van der Waals surface area contributed by atoms with Gasteiger partial charge in [-0.25, -0.2) is 27.9 Å². The van der Waals surface area contributed by atoms with E-state index in [0.29, 0.717) is 35.4 Å². The van der Waals surface area contributed by atoms with Crippen LogP contribution in [0.4, 0.5) is 13.2 Å². The molecule has 2 heterocycles. The predicted molar refractivity (Wildman–Crippen MR) is 161 cm³/mol. The van der Waals surface area contributed by atoms with E-state index in [4.69, 9.17) is 19.7 Å². The molecule has 0 N–H and O–H groups in total. The lowest BCUT2D eigenvalue weighted by atomic mass is 10.0. The van der Waals surface area contributed by atoms with Crippen LogP contribution in [0.3, 0.4) is 0 Å². The minimum Gasteiger partial charge on any atom is -0.471 e. The average Bonchev–Trinajstić information content (AvgIpc) is 3.74. The zero-order valence-electron chi connectivity index (χ0n) is 24.7. The molecule has 8 nitrogen and oxygen atoms in total.